The van der Waals surface area contributed by atoms with E-state index in [0.717, 1.165) is 0 Å². The minimum absolute atomic E-state index is 0.106. The molecular weight excluding hydrogens is 462 g/mol. The van der Waals surface area contributed by atoms with E-state index in [1.54, 1.807) is 24.3 Å². The highest BCUT2D eigenvalue weighted by atomic mass is 32.2. The fourth-order valence-electron chi connectivity index (χ4n) is 3.78. The number of hydrogen-bond acceptors (Lipinski definition) is 8. The van der Waals surface area contributed by atoms with Crippen molar-refractivity contribution < 1.29 is 32.2 Å². The van der Waals surface area contributed by atoms with E-state index >= 15 is 0 Å². The largest absolute Gasteiger partial charge is 0.486 e. The molecule has 1 amide bonds. The average molecular weight is 486 g/mol. The van der Waals surface area contributed by atoms with Gasteiger partial charge in [-0.05, 0) is 43.2 Å². The SMILES string of the molecule is N#Cc1cccc(NC(=O)COC(=O)C2CCN(S(=O)(=O)c3ccc4c(c3)OCCO4)CC2)c1. The summed E-state index contributed by atoms with van der Waals surface area (Å²) in [6.07, 6.45) is 0.572. The molecule has 2 heterocycles. The molecular formula is C23H23N3O7S. The van der Waals surface area contributed by atoms with Crippen LogP contribution in [0.1, 0.15) is 18.4 Å². The summed E-state index contributed by atoms with van der Waals surface area (Å²) >= 11 is 0. The van der Waals surface area contributed by atoms with Gasteiger partial charge in [0.15, 0.2) is 18.1 Å². The Balaban J connectivity index is 1.28. The molecule has 0 spiro atoms. The van der Waals surface area contributed by atoms with E-state index in [4.69, 9.17) is 19.5 Å². The molecule has 0 atom stereocenters. The second-order valence-electron chi connectivity index (χ2n) is 7.83. The molecule has 2 aliphatic rings. The Hall–Kier alpha value is -3.62. The van der Waals surface area contributed by atoms with Gasteiger partial charge in [-0.15, -0.1) is 0 Å². The molecule has 0 unspecified atom stereocenters. The second kappa shape index (κ2) is 10.1. The number of carbonyl (C=O) groups is 2. The Kier molecular flexibility index (Phi) is 7.00. The van der Waals surface area contributed by atoms with Crippen molar-refractivity contribution in [2.24, 2.45) is 5.92 Å². The number of nitrogens with one attached hydrogen (secondary N) is 1. The van der Waals surface area contributed by atoms with E-state index in [1.807, 2.05) is 6.07 Å². The number of esters is 1. The zero-order valence-electron chi connectivity index (χ0n) is 18.2. The van der Waals surface area contributed by atoms with E-state index in [0.29, 0.717) is 36.0 Å². The fraction of sp³-hybridized carbons (Fsp3) is 0.348. The predicted molar refractivity (Wildman–Crippen MR) is 120 cm³/mol. The van der Waals surface area contributed by atoms with Gasteiger partial charge in [-0.1, -0.05) is 6.07 Å². The molecule has 10 nitrogen and oxygen atoms in total. The first-order valence-electron chi connectivity index (χ1n) is 10.7. The van der Waals surface area contributed by atoms with Crippen molar-refractivity contribution in [2.45, 2.75) is 17.7 Å². The lowest BCUT2D eigenvalue weighted by molar-refractivity contribution is -0.152. The number of rotatable bonds is 6. The molecule has 0 aromatic heterocycles. The zero-order valence-corrected chi connectivity index (χ0v) is 19.0. The molecule has 11 heteroatoms. The van der Waals surface area contributed by atoms with Crippen LogP contribution in [-0.4, -0.2) is 57.5 Å². The number of amides is 1. The minimum Gasteiger partial charge on any atom is -0.486 e. The molecule has 1 saturated heterocycles. The van der Waals surface area contributed by atoms with Gasteiger partial charge < -0.3 is 19.5 Å². The third kappa shape index (κ3) is 5.30. The molecule has 0 aliphatic carbocycles. The molecule has 0 saturated carbocycles. The maximum Gasteiger partial charge on any atom is 0.309 e. The molecule has 0 radical (unpaired) electrons. The molecule has 2 aromatic carbocycles. The highest BCUT2D eigenvalue weighted by molar-refractivity contribution is 7.89. The lowest BCUT2D eigenvalue weighted by Gasteiger charge is -2.30. The third-order valence-corrected chi connectivity index (χ3v) is 7.45. The topological polar surface area (TPSA) is 135 Å². The van der Waals surface area contributed by atoms with Crippen LogP contribution in [0.25, 0.3) is 0 Å². The number of fused-ring (bicyclic) bond motifs is 1. The van der Waals surface area contributed by atoms with Crippen molar-refractivity contribution >= 4 is 27.6 Å². The van der Waals surface area contributed by atoms with Crippen molar-refractivity contribution in [2.75, 3.05) is 38.2 Å². The summed E-state index contributed by atoms with van der Waals surface area (Å²) in [4.78, 5) is 24.6. The summed E-state index contributed by atoms with van der Waals surface area (Å²) < 4.78 is 43.4. The zero-order chi connectivity index (χ0) is 24.1. The normalized spacial score (nSPS) is 16.3. The van der Waals surface area contributed by atoms with Gasteiger partial charge in [-0.3, -0.25) is 9.59 Å². The summed E-state index contributed by atoms with van der Waals surface area (Å²) in [5, 5.41) is 11.5. The van der Waals surface area contributed by atoms with Crippen LogP contribution in [0, 0.1) is 17.2 Å². The van der Waals surface area contributed by atoms with Gasteiger partial charge in [-0.2, -0.15) is 9.57 Å². The van der Waals surface area contributed by atoms with Gasteiger partial charge >= 0.3 is 5.97 Å². The van der Waals surface area contributed by atoms with Gasteiger partial charge in [-0.25, -0.2) is 8.42 Å². The molecule has 2 aromatic rings. The number of nitrogens with zero attached hydrogens (tertiary/aromatic N) is 2. The van der Waals surface area contributed by atoms with E-state index in [1.165, 1.54) is 22.5 Å². The van der Waals surface area contributed by atoms with Crippen LogP contribution in [0.3, 0.4) is 0 Å². The Morgan fingerprint density at radius 1 is 1.09 bits per heavy atom. The Morgan fingerprint density at radius 3 is 2.56 bits per heavy atom. The number of ether oxygens (including phenoxy) is 3. The lowest BCUT2D eigenvalue weighted by Crippen LogP contribution is -2.41. The fourth-order valence-corrected chi connectivity index (χ4v) is 5.27. The van der Waals surface area contributed by atoms with Gasteiger partial charge in [0.1, 0.15) is 13.2 Å². The highest BCUT2D eigenvalue weighted by Crippen LogP contribution is 2.34. The van der Waals surface area contributed by atoms with Crippen molar-refractivity contribution in [1.29, 1.82) is 5.26 Å². The quantitative estimate of drug-likeness (QED) is 0.613. The molecule has 0 bridgehead atoms. The van der Waals surface area contributed by atoms with Crippen molar-refractivity contribution in [3.63, 3.8) is 0 Å². The first kappa shape index (κ1) is 23.5. The maximum absolute atomic E-state index is 13.0. The Morgan fingerprint density at radius 2 is 1.82 bits per heavy atom. The van der Waals surface area contributed by atoms with E-state index in [2.05, 4.69) is 5.32 Å². The molecule has 34 heavy (non-hydrogen) atoms. The summed E-state index contributed by atoms with van der Waals surface area (Å²) in [6, 6.07) is 12.9. The van der Waals surface area contributed by atoms with Crippen LogP contribution in [0.15, 0.2) is 47.4 Å². The smallest absolute Gasteiger partial charge is 0.309 e. The van der Waals surface area contributed by atoms with Crippen LogP contribution >= 0.6 is 0 Å². The Labute approximate surface area is 197 Å². The molecule has 4 rings (SSSR count). The molecule has 2 aliphatic heterocycles. The summed E-state index contributed by atoms with van der Waals surface area (Å²) in [5.74, 6) is -0.669. The number of benzene rings is 2. The molecule has 1 fully saturated rings. The van der Waals surface area contributed by atoms with Gasteiger partial charge in [0, 0.05) is 24.8 Å². The van der Waals surface area contributed by atoms with Gasteiger partial charge in [0.25, 0.3) is 5.91 Å². The molecule has 178 valence electrons. The third-order valence-electron chi connectivity index (χ3n) is 5.56. The first-order valence-corrected chi connectivity index (χ1v) is 12.2. The number of hydrogen-bond donors (Lipinski definition) is 1. The van der Waals surface area contributed by atoms with Gasteiger partial charge in [0.2, 0.25) is 10.0 Å². The average Bonchev–Trinajstić information content (AvgIpc) is 2.87. The van der Waals surface area contributed by atoms with E-state index < -0.39 is 34.4 Å². The van der Waals surface area contributed by atoms with Crippen LogP contribution in [-0.2, 0) is 24.3 Å². The number of piperidine rings is 1. The number of anilines is 1. The van der Waals surface area contributed by atoms with Crippen molar-refractivity contribution in [3.05, 3.63) is 48.0 Å². The standard InChI is InChI=1S/C23H23N3O7S/c24-14-16-2-1-3-18(12-16)25-22(27)15-33-23(28)17-6-8-26(9-7-17)34(29,30)19-4-5-20-21(13-19)32-11-10-31-20/h1-5,12-13,17H,6-11,15H2,(H,25,27). The lowest BCUT2D eigenvalue weighted by atomic mass is 9.98. The van der Waals surface area contributed by atoms with Crippen molar-refractivity contribution in [1.82, 2.24) is 4.31 Å². The van der Waals surface area contributed by atoms with Crippen LogP contribution < -0.4 is 14.8 Å². The maximum atomic E-state index is 13.0. The minimum atomic E-state index is -3.75. The number of nitriles is 1. The van der Waals surface area contributed by atoms with Gasteiger partial charge in [0.05, 0.1) is 22.4 Å². The van der Waals surface area contributed by atoms with Crippen LogP contribution in [0.4, 0.5) is 5.69 Å². The van der Waals surface area contributed by atoms with Crippen LogP contribution in [0.2, 0.25) is 0 Å². The molecule has 1 N–H and O–H groups in total. The van der Waals surface area contributed by atoms with E-state index in [9.17, 15) is 18.0 Å². The van der Waals surface area contributed by atoms with Crippen LogP contribution in [0.5, 0.6) is 11.5 Å². The predicted octanol–water partition coefficient (Wildman–Crippen LogP) is 1.91. The summed E-state index contributed by atoms with van der Waals surface area (Å²) in [5.41, 5.74) is 0.825. The number of sulfonamides is 1. The van der Waals surface area contributed by atoms with E-state index in [-0.39, 0.29) is 30.8 Å². The Bertz CT molecular complexity index is 1230. The first-order chi connectivity index (χ1) is 16.4. The summed E-state index contributed by atoms with van der Waals surface area (Å²) in [6.45, 7) is 0.617. The van der Waals surface area contributed by atoms with Crippen molar-refractivity contribution in [3.8, 4) is 17.6 Å². The summed E-state index contributed by atoms with van der Waals surface area (Å²) in [7, 11) is -3.75. The highest BCUT2D eigenvalue weighted by Gasteiger charge is 2.33. The monoisotopic (exact) mass is 485 g/mol. The second-order valence-corrected chi connectivity index (χ2v) is 9.77. The number of carbonyl (C=O) groups excluding carboxylic acids is 2.